The van der Waals surface area contributed by atoms with Gasteiger partial charge in [-0.2, -0.15) is 0 Å². The summed E-state index contributed by atoms with van der Waals surface area (Å²) in [6, 6.07) is 21.7. The van der Waals surface area contributed by atoms with Gasteiger partial charge in [-0.05, 0) is 62.4 Å². The molecule has 0 radical (unpaired) electrons. The molecule has 168 valence electrons. The third-order valence-corrected chi connectivity index (χ3v) is 5.51. The van der Waals surface area contributed by atoms with E-state index in [0.717, 1.165) is 11.1 Å². The normalized spacial score (nSPS) is 11.0. The molecular formula is C27H21N3O4. The van der Waals surface area contributed by atoms with Crippen LogP contribution in [0, 0.1) is 13.8 Å². The number of aromatic nitrogens is 3. The van der Waals surface area contributed by atoms with Crippen molar-refractivity contribution in [1.29, 1.82) is 0 Å². The molecule has 0 fully saturated rings. The molecule has 3 aromatic carbocycles. The monoisotopic (exact) mass is 451 g/mol. The molecule has 5 aromatic rings. The Hall–Kier alpha value is -4.52. The van der Waals surface area contributed by atoms with Crippen LogP contribution in [-0.2, 0) is 11.3 Å². The Balaban J connectivity index is 1.30. The van der Waals surface area contributed by atoms with Gasteiger partial charge in [-0.25, -0.2) is 14.8 Å². The van der Waals surface area contributed by atoms with E-state index < -0.39 is 5.97 Å². The summed E-state index contributed by atoms with van der Waals surface area (Å²) in [6.07, 6.45) is 1.48. The number of fused-ring (bicyclic) bond motifs is 1. The van der Waals surface area contributed by atoms with Gasteiger partial charge in [-0.15, -0.1) is 0 Å². The number of benzene rings is 3. The Kier molecular flexibility index (Phi) is 5.51. The first kappa shape index (κ1) is 21.3. The third kappa shape index (κ3) is 4.11. The minimum Gasteiger partial charge on any atom is -0.455 e. The molecule has 0 saturated carbocycles. The second kappa shape index (κ2) is 8.78. The molecule has 0 saturated heterocycles. The maximum absolute atomic E-state index is 13.0. The Morgan fingerprint density at radius 2 is 1.68 bits per heavy atom. The molecule has 0 bridgehead atoms. The fourth-order valence-corrected chi connectivity index (χ4v) is 3.72. The van der Waals surface area contributed by atoms with Gasteiger partial charge in [0.1, 0.15) is 24.4 Å². The highest BCUT2D eigenvalue weighted by molar-refractivity contribution is 5.89. The number of para-hydroxylation sites is 1. The lowest BCUT2D eigenvalue weighted by molar-refractivity contribution is 0.0468. The first-order valence-electron chi connectivity index (χ1n) is 10.8. The molecule has 34 heavy (non-hydrogen) atoms. The predicted molar refractivity (Wildman–Crippen MR) is 128 cm³/mol. The van der Waals surface area contributed by atoms with Crippen molar-refractivity contribution < 1.29 is 13.9 Å². The van der Waals surface area contributed by atoms with Crippen molar-refractivity contribution in [3.05, 3.63) is 112 Å². The molecule has 0 aliphatic rings. The Morgan fingerprint density at radius 1 is 0.941 bits per heavy atom. The molecular weight excluding hydrogens is 430 g/mol. The van der Waals surface area contributed by atoms with Gasteiger partial charge in [0.2, 0.25) is 5.89 Å². The molecule has 2 heterocycles. The Bertz CT molecular complexity index is 1550. The first-order chi connectivity index (χ1) is 16.5. The average molecular weight is 451 g/mol. The summed E-state index contributed by atoms with van der Waals surface area (Å²) in [5.41, 5.74) is 4.00. The topological polar surface area (TPSA) is 87.2 Å². The second-order valence-corrected chi connectivity index (χ2v) is 7.95. The number of aryl methyl sites for hydroxylation is 2. The molecule has 0 spiro atoms. The van der Waals surface area contributed by atoms with Crippen LogP contribution < -0.4 is 5.56 Å². The Morgan fingerprint density at radius 3 is 2.44 bits per heavy atom. The van der Waals surface area contributed by atoms with E-state index in [9.17, 15) is 9.59 Å². The van der Waals surface area contributed by atoms with Crippen molar-refractivity contribution in [3.63, 3.8) is 0 Å². The van der Waals surface area contributed by atoms with Gasteiger partial charge in [0, 0.05) is 5.56 Å². The quantitative estimate of drug-likeness (QED) is 0.349. The van der Waals surface area contributed by atoms with Crippen molar-refractivity contribution >= 4 is 16.9 Å². The molecule has 5 rings (SSSR count). The van der Waals surface area contributed by atoms with Crippen molar-refractivity contribution in [1.82, 2.24) is 14.5 Å². The lowest BCUT2D eigenvalue weighted by Crippen LogP contribution is -2.22. The van der Waals surface area contributed by atoms with E-state index in [2.05, 4.69) is 9.97 Å². The first-order valence-corrected chi connectivity index (χ1v) is 10.8. The molecule has 2 aromatic heterocycles. The number of hydrogen-bond donors (Lipinski definition) is 0. The lowest BCUT2D eigenvalue weighted by atomic mass is 10.1. The zero-order valence-corrected chi connectivity index (χ0v) is 18.7. The zero-order valence-electron chi connectivity index (χ0n) is 18.7. The summed E-state index contributed by atoms with van der Waals surface area (Å²) in [5.74, 6) is 0.543. The van der Waals surface area contributed by atoms with E-state index in [-0.39, 0.29) is 12.2 Å². The van der Waals surface area contributed by atoms with Crippen LogP contribution in [0.4, 0.5) is 0 Å². The molecule has 7 nitrogen and oxygen atoms in total. The van der Waals surface area contributed by atoms with Crippen molar-refractivity contribution in [2.75, 3.05) is 0 Å². The SMILES string of the molecule is Cc1ccc(-c2nc(COC(=O)c3ccc(-n4c(C)nc5ccccc5c4=O)cc3)co2)cc1. The van der Waals surface area contributed by atoms with Crippen molar-refractivity contribution in [3.8, 4) is 17.1 Å². The third-order valence-electron chi connectivity index (χ3n) is 5.51. The summed E-state index contributed by atoms with van der Waals surface area (Å²) in [7, 11) is 0. The minimum atomic E-state index is -0.493. The number of esters is 1. The summed E-state index contributed by atoms with van der Waals surface area (Å²) < 4.78 is 12.4. The Labute approximate surface area is 195 Å². The fraction of sp³-hybridized carbons (Fsp3) is 0.111. The number of carbonyl (C=O) groups excluding carboxylic acids is 1. The molecule has 0 aliphatic heterocycles. The highest BCUT2D eigenvalue weighted by Crippen LogP contribution is 2.20. The average Bonchev–Trinajstić information content (AvgIpc) is 3.32. The number of carbonyl (C=O) groups is 1. The summed E-state index contributed by atoms with van der Waals surface area (Å²) in [6.45, 7) is 3.77. The van der Waals surface area contributed by atoms with E-state index in [0.29, 0.717) is 39.6 Å². The van der Waals surface area contributed by atoms with Crippen LogP contribution >= 0.6 is 0 Å². The van der Waals surface area contributed by atoms with E-state index >= 15 is 0 Å². The number of nitrogens with zero attached hydrogens (tertiary/aromatic N) is 3. The van der Waals surface area contributed by atoms with Gasteiger partial charge in [-0.1, -0.05) is 29.8 Å². The fourth-order valence-electron chi connectivity index (χ4n) is 3.72. The van der Waals surface area contributed by atoms with Gasteiger partial charge in [0.05, 0.1) is 22.2 Å². The van der Waals surface area contributed by atoms with Crippen molar-refractivity contribution in [2.24, 2.45) is 0 Å². The van der Waals surface area contributed by atoms with E-state index in [1.54, 1.807) is 37.3 Å². The van der Waals surface area contributed by atoms with Gasteiger partial charge in [-0.3, -0.25) is 9.36 Å². The molecule has 7 heteroatoms. The minimum absolute atomic E-state index is 0.0108. The summed E-state index contributed by atoms with van der Waals surface area (Å²) >= 11 is 0. The van der Waals surface area contributed by atoms with Gasteiger partial charge in [0.15, 0.2) is 0 Å². The molecule has 0 N–H and O–H groups in total. The van der Waals surface area contributed by atoms with Crippen LogP contribution in [0.15, 0.2) is 88.3 Å². The summed E-state index contributed by atoms with van der Waals surface area (Å²) in [5, 5.41) is 0.536. The van der Waals surface area contributed by atoms with Gasteiger partial charge >= 0.3 is 5.97 Å². The van der Waals surface area contributed by atoms with Crippen LogP contribution in [0.5, 0.6) is 0 Å². The van der Waals surface area contributed by atoms with E-state index in [1.807, 2.05) is 49.4 Å². The van der Waals surface area contributed by atoms with E-state index in [1.165, 1.54) is 10.8 Å². The highest BCUT2D eigenvalue weighted by Gasteiger charge is 2.13. The standard InChI is InChI=1S/C27H21N3O4/c1-17-7-9-19(10-8-17)25-29-21(15-33-25)16-34-27(32)20-11-13-22(14-12-20)30-18(2)28-24-6-4-3-5-23(24)26(30)31/h3-15H,16H2,1-2H3. The van der Waals surface area contributed by atoms with Crippen LogP contribution in [0.25, 0.3) is 28.0 Å². The molecule has 0 unspecified atom stereocenters. The number of hydrogen-bond acceptors (Lipinski definition) is 6. The van der Waals surface area contributed by atoms with Crippen LogP contribution in [0.3, 0.4) is 0 Å². The van der Waals surface area contributed by atoms with Crippen LogP contribution in [0.1, 0.15) is 27.4 Å². The predicted octanol–water partition coefficient (Wildman–Crippen LogP) is 5.01. The lowest BCUT2D eigenvalue weighted by Gasteiger charge is -2.11. The second-order valence-electron chi connectivity index (χ2n) is 7.95. The molecule has 0 amide bonds. The van der Waals surface area contributed by atoms with Crippen molar-refractivity contribution in [2.45, 2.75) is 20.5 Å². The van der Waals surface area contributed by atoms with E-state index in [4.69, 9.17) is 9.15 Å². The molecule has 0 aliphatic carbocycles. The largest absolute Gasteiger partial charge is 0.455 e. The highest BCUT2D eigenvalue weighted by atomic mass is 16.5. The number of ether oxygens (including phenoxy) is 1. The van der Waals surface area contributed by atoms with Crippen LogP contribution in [0.2, 0.25) is 0 Å². The molecule has 0 atom stereocenters. The smallest absolute Gasteiger partial charge is 0.338 e. The van der Waals surface area contributed by atoms with Gasteiger partial charge < -0.3 is 9.15 Å². The number of oxazole rings is 1. The maximum Gasteiger partial charge on any atom is 0.338 e. The van der Waals surface area contributed by atoms with Crippen LogP contribution in [-0.4, -0.2) is 20.5 Å². The summed E-state index contributed by atoms with van der Waals surface area (Å²) in [4.78, 5) is 34.4. The van der Waals surface area contributed by atoms with Gasteiger partial charge in [0.25, 0.3) is 5.56 Å². The zero-order chi connectivity index (χ0) is 23.7. The number of rotatable bonds is 5. The maximum atomic E-state index is 13.0.